The Morgan fingerprint density at radius 1 is 1.03 bits per heavy atom. The minimum atomic E-state index is -0.597. The Kier molecular flexibility index (Phi) is 6.74. The van der Waals surface area contributed by atoms with Crippen LogP contribution in [0.5, 0.6) is 0 Å². The van der Waals surface area contributed by atoms with Gasteiger partial charge in [0.1, 0.15) is 6.04 Å². The minimum absolute atomic E-state index is 0.00660. The summed E-state index contributed by atoms with van der Waals surface area (Å²) in [5.41, 5.74) is 1.81. The number of amides is 4. The summed E-state index contributed by atoms with van der Waals surface area (Å²) >= 11 is 0. The topological polar surface area (TPSA) is 109 Å². The maximum atomic E-state index is 13.4. The average molecular weight is 471 g/mol. The van der Waals surface area contributed by atoms with Crippen molar-refractivity contribution in [1.29, 1.82) is 0 Å². The largest absolute Gasteiger partial charge is 0.381 e. The Bertz CT molecular complexity index is 933. The number of carbonyl (C=O) groups excluding carboxylic acids is 3. The van der Waals surface area contributed by atoms with Crippen LogP contribution in [-0.2, 0) is 24.5 Å². The summed E-state index contributed by atoms with van der Waals surface area (Å²) in [5, 5.41) is 9.03. The number of rotatable bonds is 4. The second kappa shape index (κ2) is 9.92. The van der Waals surface area contributed by atoms with E-state index in [4.69, 9.17) is 9.47 Å². The molecule has 184 valence electrons. The number of carbonyl (C=O) groups is 3. The molecule has 0 aromatic heterocycles. The summed E-state index contributed by atoms with van der Waals surface area (Å²) in [6.07, 6.45) is 6.47. The molecule has 3 N–H and O–H groups in total. The van der Waals surface area contributed by atoms with E-state index in [0.717, 1.165) is 36.9 Å². The number of nitrogens with zero attached hydrogens (tertiary/aromatic N) is 1. The fourth-order valence-electron chi connectivity index (χ4n) is 5.80. The molecule has 9 nitrogen and oxygen atoms in total. The van der Waals surface area contributed by atoms with Crippen molar-refractivity contribution in [2.75, 3.05) is 50.2 Å². The fourth-order valence-corrected chi connectivity index (χ4v) is 5.80. The van der Waals surface area contributed by atoms with Crippen molar-refractivity contribution in [3.05, 3.63) is 23.8 Å². The zero-order valence-corrected chi connectivity index (χ0v) is 19.6. The van der Waals surface area contributed by atoms with E-state index in [1.165, 1.54) is 6.42 Å². The molecule has 3 fully saturated rings. The van der Waals surface area contributed by atoms with Crippen molar-refractivity contribution in [1.82, 2.24) is 10.2 Å². The number of fused-ring (bicyclic) bond motifs is 2. The van der Waals surface area contributed by atoms with Crippen LogP contribution < -0.4 is 16.0 Å². The quantitative estimate of drug-likeness (QED) is 0.627. The minimum Gasteiger partial charge on any atom is -0.381 e. The van der Waals surface area contributed by atoms with Crippen molar-refractivity contribution in [3.63, 3.8) is 0 Å². The van der Waals surface area contributed by atoms with Crippen molar-refractivity contribution < 1.29 is 23.9 Å². The second-order valence-electron chi connectivity index (χ2n) is 9.82. The van der Waals surface area contributed by atoms with E-state index in [-0.39, 0.29) is 23.8 Å². The third kappa shape index (κ3) is 4.51. The van der Waals surface area contributed by atoms with E-state index in [9.17, 15) is 14.4 Å². The van der Waals surface area contributed by atoms with E-state index in [2.05, 4.69) is 16.0 Å². The molecular weight excluding hydrogens is 436 g/mol. The first kappa shape index (κ1) is 23.1. The Balaban J connectivity index is 1.31. The van der Waals surface area contributed by atoms with Crippen LogP contribution >= 0.6 is 0 Å². The molecule has 3 aliphatic heterocycles. The van der Waals surface area contributed by atoms with Crippen LogP contribution in [0.1, 0.15) is 50.5 Å². The lowest BCUT2D eigenvalue weighted by Gasteiger charge is -2.33. The molecule has 1 aromatic carbocycles. The smallest absolute Gasteiger partial charge is 0.318 e. The Morgan fingerprint density at radius 3 is 2.47 bits per heavy atom. The Hall–Kier alpha value is -2.65. The van der Waals surface area contributed by atoms with Crippen LogP contribution in [-0.4, -0.2) is 68.3 Å². The van der Waals surface area contributed by atoms with Crippen LogP contribution in [0.4, 0.5) is 16.2 Å². The standard InChI is InChI=1S/C25H34N4O5/c30-22(21(17-4-2-1-3-5-17)28-24(32)29-10-14-34-15-11-29)26-18-6-7-19-20(16-18)27-23(31)25(19)8-12-33-13-9-25/h6-7,16-17,21H,1-5,8-15H2,(H,26,30)(H,27,31)(H,28,32). The molecule has 2 saturated heterocycles. The highest BCUT2D eigenvalue weighted by Gasteiger charge is 2.47. The molecule has 34 heavy (non-hydrogen) atoms. The highest BCUT2D eigenvalue weighted by molar-refractivity contribution is 6.07. The van der Waals surface area contributed by atoms with Gasteiger partial charge in [-0.25, -0.2) is 4.79 Å². The molecule has 5 rings (SSSR count). The second-order valence-corrected chi connectivity index (χ2v) is 9.82. The number of benzene rings is 1. The van der Waals surface area contributed by atoms with Crippen molar-refractivity contribution >= 4 is 29.2 Å². The number of ether oxygens (including phenoxy) is 2. The SMILES string of the molecule is O=C(Nc1ccc2c(c1)NC(=O)C21CCOCC1)C(NC(=O)N1CCOCC1)C1CCCCC1. The predicted octanol–water partition coefficient (Wildman–Crippen LogP) is 2.62. The first-order valence-corrected chi connectivity index (χ1v) is 12.5. The molecule has 4 aliphatic rings. The average Bonchev–Trinajstić information content (AvgIpc) is 3.13. The molecule has 0 bridgehead atoms. The van der Waals surface area contributed by atoms with Crippen molar-refractivity contribution in [2.24, 2.45) is 5.92 Å². The van der Waals surface area contributed by atoms with Gasteiger partial charge in [0.15, 0.2) is 0 Å². The van der Waals surface area contributed by atoms with Gasteiger partial charge in [-0.15, -0.1) is 0 Å². The van der Waals surface area contributed by atoms with Crippen LogP contribution in [0.15, 0.2) is 18.2 Å². The van der Waals surface area contributed by atoms with Gasteiger partial charge in [0.2, 0.25) is 11.8 Å². The number of hydrogen-bond donors (Lipinski definition) is 3. The van der Waals surface area contributed by atoms with Gasteiger partial charge in [-0.2, -0.15) is 0 Å². The first-order valence-electron chi connectivity index (χ1n) is 12.5. The van der Waals surface area contributed by atoms with Crippen LogP contribution in [0, 0.1) is 5.92 Å². The molecule has 1 unspecified atom stereocenters. The van der Waals surface area contributed by atoms with Gasteiger partial charge >= 0.3 is 6.03 Å². The monoisotopic (exact) mass is 470 g/mol. The van der Waals surface area contributed by atoms with E-state index in [0.29, 0.717) is 58.0 Å². The molecular formula is C25H34N4O5. The summed E-state index contributed by atoms with van der Waals surface area (Å²) in [4.78, 5) is 40.8. The number of nitrogens with one attached hydrogen (secondary N) is 3. The molecule has 1 aromatic rings. The Morgan fingerprint density at radius 2 is 1.74 bits per heavy atom. The zero-order chi connectivity index (χ0) is 23.5. The number of urea groups is 1. The lowest BCUT2D eigenvalue weighted by Crippen LogP contribution is -2.55. The van der Waals surface area contributed by atoms with Gasteiger partial charge in [0.25, 0.3) is 0 Å². The predicted molar refractivity (Wildman–Crippen MR) is 127 cm³/mol. The number of anilines is 2. The molecule has 1 atom stereocenters. The van der Waals surface area contributed by atoms with E-state index < -0.39 is 11.5 Å². The Labute approximate surface area is 199 Å². The number of hydrogen-bond acceptors (Lipinski definition) is 5. The van der Waals surface area contributed by atoms with Gasteiger partial charge in [-0.1, -0.05) is 25.3 Å². The summed E-state index contributed by atoms with van der Waals surface area (Å²) < 4.78 is 10.8. The summed E-state index contributed by atoms with van der Waals surface area (Å²) in [6, 6.07) is 4.82. The molecule has 4 amide bonds. The van der Waals surface area contributed by atoms with Crippen LogP contribution in [0.25, 0.3) is 0 Å². The highest BCUT2D eigenvalue weighted by atomic mass is 16.5. The molecule has 1 aliphatic carbocycles. The summed E-state index contributed by atoms with van der Waals surface area (Å²) in [5.74, 6) is -0.0934. The van der Waals surface area contributed by atoms with E-state index in [1.54, 1.807) is 4.90 Å². The fraction of sp³-hybridized carbons (Fsp3) is 0.640. The van der Waals surface area contributed by atoms with Crippen molar-refractivity contribution in [2.45, 2.75) is 56.4 Å². The lowest BCUT2D eigenvalue weighted by molar-refractivity contribution is -0.124. The van der Waals surface area contributed by atoms with Crippen LogP contribution in [0.3, 0.4) is 0 Å². The van der Waals surface area contributed by atoms with Gasteiger partial charge in [-0.3, -0.25) is 9.59 Å². The van der Waals surface area contributed by atoms with Gasteiger partial charge < -0.3 is 30.3 Å². The molecule has 0 radical (unpaired) electrons. The van der Waals surface area contributed by atoms with Crippen LogP contribution in [0.2, 0.25) is 0 Å². The first-order chi connectivity index (χ1) is 16.6. The van der Waals surface area contributed by atoms with Gasteiger partial charge in [0, 0.05) is 37.7 Å². The normalized spacial score (nSPS) is 23.2. The molecule has 1 saturated carbocycles. The maximum absolute atomic E-state index is 13.4. The van der Waals surface area contributed by atoms with E-state index in [1.807, 2.05) is 18.2 Å². The zero-order valence-electron chi connectivity index (χ0n) is 19.6. The van der Waals surface area contributed by atoms with Gasteiger partial charge in [-0.05, 0) is 49.3 Å². The summed E-state index contributed by atoms with van der Waals surface area (Å²) in [7, 11) is 0. The van der Waals surface area contributed by atoms with E-state index >= 15 is 0 Å². The van der Waals surface area contributed by atoms with Crippen molar-refractivity contribution in [3.8, 4) is 0 Å². The third-order valence-electron chi connectivity index (χ3n) is 7.81. The molecule has 1 spiro atoms. The maximum Gasteiger partial charge on any atom is 0.318 e. The van der Waals surface area contributed by atoms with Gasteiger partial charge in [0.05, 0.1) is 18.6 Å². The third-order valence-corrected chi connectivity index (χ3v) is 7.81. The molecule has 3 heterocycles. The number of morpholine rings is 1. The molecule has 9 heteroatoms. The summed E-state index contributed by atoms with van der Waals surface area (Å²) in [6.45, 7) is 3.23. The lowest BCUT2D eigenvalue weighted by atomic mass is 9.75. The highest BCUT2D eigenvalue weighted by Crippen LogP contribution is 2.45.